The molecular weight excluding hydrogens is 338 g/mol. The number of amides is 1. The summed E-state index contributed by atoms with van der Waals surface area (Å²) in [7, 11) is 3.79. The molecule has 0 aliphatic carbocycles. The zero-order valence-corrected chi connectivity index (χ0v) is 14.4. The van der Waals surface area contributed by atoms with E-state index in [2.05, 4.69) is 10.3 Å². The van der Waals surface area contributed by atoms with Crippen LogP contribution in [-0.4, -0.2) is 29.9 Å². The summed E-state index contributed by atoms with van der Waals surface area (Å²) in [5, 5.41) is 9.24. The number of rotatable bonds is 4. The molecule has 1 amide bonds. The Morgan fingerprint density at radius 3 is 2.86 bits per heavy atom. The molecular formula is C15H14ClN3OS2. The van der Waals surface area contributed by atoms with Gasteiger partial charge >= 0.3 is 0 Å². The highest BCUT2D eigenvalue weighted by Gasteiger charge is 2.24. The van der Waals surface area contributed by atoms with Crippen LogP contribution in [0.4, 0.5) is 5.00 Å². The van der Waals surface area contributed by atoms with E-state index in [1.807, 2.05) is 41.9 Å². The number of nitrogens with one attached hydrogen (secondary N) is 1. The highest BCUT2D eigenvalue weighted by molar-refractivity contribution is 7.23. The van der Waals surface area contributed by atoms with Crippen LogP contribution in [0.2, 0.25) is 5.02 Å². The molecule has 0 spiro atoms. The SMILES string of the molecule is CN(C)C(C(=O)Nc1cc2c(Cl)cncc2s1)c1ccsc1. The van der Waals surface area contributed by atoms with E-state index in [4.69, 9.17) is 11.6 Å². The van der Waals surface area contributed by atoms with Crippen molar-refractivity contribution in [1.82, 2.24) is 9.88 Å². The molecule has 0 fully saturated rings. The second-order valence-corrected chi connectivity index (χ2v) is 7.33. The Kier molecular flexibility index (Phi) is 4.44. The quantitative estimate of drug-likeness (QED) is 0.764. The second-order valence-electron chi connectivity index (χ2n) is 5.06. The summed E-state index contributed by atoms with van der Waals surface area (Å²) in [5.74, 6) is -0.0564. The normalized spacial score (nSPS) is 12.7. The minimum Gasteiger partial charge on any atom is -0.316 e. The van der Waals surface area contributed by atoms with Crippen molar-refractivity contribution in [2.24, 2.45) is 0 Å². The van der Waals surface area contributed by atoms with Crippen LogP contribution in [0, 0.1) is 0 Å². The fourth-order valence-corrected chi connectivity index (χ4v) is 4.20. The number of thiophene rings is 2. The highest BCUT2D eigenvalue weighted by Crippen LogP contribution is 2.34. The lowest BCUT2D eigenvalue weighted by Gasteiger charge is -2.22. The average Bonchev–Trinajstić information content (AvgIpc) is 3.08. The van der Waals surface area contributed by atoms with Crippen LogP contribution in [0.1, 0.15) is 11.6 Å². The molecule has 1 atom stereocenters. The Balaban J connectivity index is 1.87. The maximum Gasteiger partial charge on any atom is 0.246 e. The molecule has 0 aromatic carbocycles. The number of carbonyl (C=O) groups is 1. The minimum atomic E-state index is -0.315. The van der Waals surface area contributed by atoms with Gasteiger partial charge in [-0.3, -0.25) is 14.7 Å². The fourth-order valence-electron chi connectivity index (χ4n) is 2.29. The number of carbonyl (C=O) groups excluding carboxylic acids is 1. The maximum atomic E-state index is 12.6. The van der Waals surface area contributed by atoms with E-state index in [1.165, 1.54) is 11.3 Å². The topological polar surface area (TPSA) is 45.2 Å². The van der Waals surface area contributed by atoms with Crippen molar-refractivity contribution in [2.45, 2.75) is 6.04 Å². The minimum absolute atomic E-state index is 0.0564. The molecule has 0 radical (unpaired) electrons. The lowest BCUT2D eigenvalue weighted by molar-refractivity contribution is -0.120. The number of likely N-dealkylation sites (N-methyl/N-ethyl adjacent to an activating group) is 1. The van der Waals surface area contributed by atoms with Gasteiger partial charge in [0.1, 0.15) is 6.04 Å². The summed E-state index contributed by atoms with van der Waals surface area (Å²) in [6, 6.07) is 3.55. The van der Waals surface area contributed by atoms with Crippen molar-refractivity contribution >= 4 is 55.3 Å². The van der Waals surface area contributed by atoms with Crippen LogP contribution in [0.5, 0.6) is 0 Å². The largest absolute Gasteiger partial charge is 0.316 e. The summed E-state index contributed by atoms with van der Waals surface area (Å²) in [5.41, 5.74) is 0.994. The molecule has 0 saturated heterocycles. The van der Waals surface area contributed by atoms with Gasteiger partial charge in [-0.15, -0.1) is 11.3 Å². The van der Waals surface area contributed by atoms with Crippen molar-refractivity contribution in [2.75, 3.05) is 19.4 Å². The van der Waals surface area contributed by atoms with Gasteiger partial charge in [0, 0.05) is 17.8 Å². The number of aromatic nitrogens is 1. The van der Waals surface area contributed by atoms with Gasteiger partial charge in [0.25, 0.3) is 0 Å². The van der Waals surface area contributed by atoms with Crippen molar-refractivity contribution in [3.8, 4) is 0 Å². The van der Waals surface area contributed by atoms with Crippen molar-refractivity contribution in [3.05, 3.63) is 45.9 Å². The standard InChI is InChI=1S/C15H14ClN3OS2/c1-19(2)14(9-3-4-21-8-9)15(20)18-13-5-10-11(16)6-17-7-12(10)22-13/h3-8,14H,1-2H3,(H,18,20). The van der Waals surface area contributed by atoms with E-state index in [1.54, 1.807) is 23.7 Å². The number of pyridine rings is 1. The van der Waals surface area contributed by atoms with Gasteiger partial charge in [-0.05, 0) is 42.6 Å². The molecule has 0 bridgehead atoms. The highest BCUT2D eigenvalue weighted by atomic mass is 35.5. The molecule has 0 saturated carbocycles. The first-order chi connectivity index (χ1) is 10.6. The predicted molar refractivity (Wildman–Crippen MR) is 94.0 cm³/mol. The molecule has 0 aliphatic rings. The first-order valence-corrected chi connectivity index (χ1v) is 8.72. The third-order valence-corrected chi connectivity index (χ3v) is 5.26. The molecule has 3 aromatic heterocycles. The van der Waals surface area contributed by atoms with Gasteiger partial charge < -0.3 is 5.32 Å². The molecule has 3 aromatic rings. The Morgan fingerprint density at radius 1 is 1.41 bits per heavy atom. The number of hydrogen-bond acceptors (Lipinski definition) is 5. The Labute approximate surface area is 141 Å². The van der Waals surface area contributed by atoms with Gasteiger partial charge in [-0.1, -0.05) is 11.6 Å². The molecule has 22 heavy (non-hydrogen) atoms. The summed E-state index contributed by atoms with van der Waals surface area (Å²) < 4.78 is 0.958. The number of fused-ring (bicyclic) bond motifs is 1. The smallest absolute Gasteiger partial charge is 0.246 e. The first kappa shape index (κ1) is 15.4. The maximum absolute atomic E-state index is 12.6. The van der Waals surface area contributed by atoms with Gasteiger partial charge in [-0.25, -0.2) is 0 Å². The second kappa shape index (κ2) is 6.34. The summed E-state index contributed by atoms with van der Waals surface area (Å²) in [4.78, 5) is 18.6. The third-order valence-electron chi connectivity index (χ3n) is 3.27. The zero-order chi connectivity index (χ0) is 15.7. The van der Waals surface area contributed by atoms with E-state index >= 15 is 0 Å². The Morgan fingerprint density at radius 2 is 2.23 bits per heavy atom. The van der Waals surface area contributed by atoms with Crippen molar-refractivity contribution in [1.29, 1.82) is 0 Å². The molecule has 3 heterocycles. The Bertz CT molecular complexity index is 798. The van der Waals surface area contributed by atoms with E-state index < -0.39 is 0 Å². The number of halogens is 1. The number of anilines is 1. The lowest BCUT2D eigenvalue weighted by atomic mass is 10.1. The molecule has 1 N–H and O–H groups in total. The molecule has 4 nitrogen and oxygen atoms in total. The summed E-state index contributed by atoms with van der Waals surface area (Å²) in [6.07, 6.45) is 3.36. The summed E-state index contributed by atoms with van der Waals surface area (Å²) >= 11 is 9.18. The number of nitrogens with zero attached hydrogens (tertiary/aromatic N) is 2. The van der Waals surface area contributed by atoms with Gasteiger partial charge in [0.15, 0.2) is 0 Å². The van der Waals surface area contributed by atoms with Crippen LogP contribution in [0.25, 0.3) is 10.1 Å². The van der Waals surface area contributed by atoms with E-state index in [0.29, 0.717) is 5.02 Å². The first-order valence-electron chi connectivity index (χ1n) is 6.58. The third kappa shape index (κ3) is 3.01. The number of hydrogen-bond donors (Lipinski definition) is 1. The van der Waals surface area contributed by atoms with E-state index in [0.717, 1.165) is 20.7 Å². The van der Waals surface area contributed by atoms with Crippen molar-refractivity contribution in [3.63, 3.8) is 0 Å². The van der Waals surface area contributed by atoms with Crippen LogP contribution in [0.15, 0.2) is 35.3 Å². The van der Waals surface area contributed by atoms with Crippen molar-refractivity contribution < 1.29 is 4.79 Å². The van der Waals surface area contributed by atoms with Crippen LogP contribution in [-0.2, 0) is 4.79 Å². The molecule has 114 valence electrons. The van der Waals surface area contributed by atoms with Crippen LogP contribution < -0.4 is 5.32 Å². The van der Waals surface area contributed by atoms with Crippen LogP contribution in [0.3, 0.4) is 0 Å². The molecule has 0 aliphatic heterocycles. The van der Waals surface area contributed by atoms with Gasteiger partial charge in [-0.2, -0.15) is 11.3 Å². The molecule has 3 rings (SSSR count). The van der Waals surface area contributed by atoms with E-state index in [-0.39, 0.29) is 11.9 Å². The predicted octanol–water partition coefficient (Wildman–Crippen LogP) is 4.25. The molecule has 1 unspecified atom stereocenters. The van der Waals surface area contributed by atoms with Gasteiger partial charge in [0.2, 0.25) is 5.91 Å². The van der Waals surface area contributed by atoms with Gasteiger partial charge in [0.05, 0.1) is 14.7 Å². The Hall–Kier alpha value is -1.47. The zero-order valence-electron chi connectivity index (χ0n) is 12.0. The van der Waals surface area contributed by atoms with Crippen LogP contribution >= 0.6 is 34.3 Å². The van der Waals surface area contributed by atoms with E-state index in [9.17, 15) is 4.79 Å². The molecule has 7 heteroatoms. The lowest BCUT2D eigenvalue weighted by Crippen LogP contribution is -2.31. The fraction of sp³-hybridized carbons (Fsp3) is 0.200. The monoisotopic (exact) mass is 351 g/mol. The average molecular weight is 352 g/mol. The summed E-state index contributed by atoms with van der Waals surface area (Å²) in [6.45, 7) is 0.